The molecule has 1 fully saturated rings. The highest BCUT2D eigenvalue weighted by Crippen LogP contribution is 2.29. The predicted octanol–water partition coefficient (Wildman–Crippen LogP) is 4.26. The lowest BCUT2D eigenvalue weighted by Gasteiger charge is -2.20. The summed E-state index contributed by atoms with van der Waals surface area (Å²) in [5, 5.41) is 0. The maximum atomic E-state index is 12.0. The fraction of sp³-hybridized carbons (Fsp3) is 0.381. The van der Waals surface area contributed by atoms with Crippen molar-refractivity contribution in [1.29, 1.82) is 0 Å². The first kappa shape index (κ1) is 18.1. The van der Waals surface area contributed by atoms with Crippen molar-refractivity contribution >= 4 is 6.09 Å². The van der Waals surface area contributed by atoms with Crippen LogP contribution < -0.4 is 9.47 Å². The molecule has 0 saturated carbocycles. The van der Waals surface area contributed by atoms with Crippen molar-refractivity contribution in [2.45, 2.75) is 39.0 Å². The Labute approximate surface area is 154 Å². The highest BCUT2D eigenvalue weighted by atomic mass is 16.6. The van der Waals surface area contributed by atoms with Crippen molar-refractivity contribution in [2.75, 3.05) is 13.2 Å². The lowest BCUT2D eigenvalue weighted by Crippen LogP contribution is -2.28. The molecule has 0 radical (unpaired) electrons. The Balaban J connectivity index is 1.51. The fourth-order valence-corrected chi connectivity index (χ4v) is 2.48. The highest BCUT2D eigenvalue weighted by molar-refractivity contribution is 5.71. The van der Waals surface area contributed by atoms with Gasteiger partial charge < -0.3 is 14.2 Å². The van der Waals surface area contributed by atoms with Crippen LogP contribution in [-0.4, -0.2) is 35.8 Å². The van der Waals surface area contributed by atoms with Crippen LogP contribution in [0, 0.1) is 0 Å². The quantitative estimate of drug-likeness (QED) is 0.726. The summed E-state index contributed by atoms with van der Waals surface area (Å²) in [4.78, 5) is 13.7. The van der Waals surface area contributed by atoms with E-state index in [4.69, 9.17) is 14.2 Å². The van der Waals surface area contributed by atoms with E-state index in [1.54, 1.807) is 4.90 Å². The summed E-state index contributed by atoms with van der Waals surface area (Å²) < 4.78 is 17.1. The number of hydrogen-bond acceptors (Lipinski definition) is 4. The van der Waals surface area contributed by atoms with Crippen molar-refractivity contribution < 1.29 is 19.0 Å². The van der Waals surface area contributed by atoms with Crippen LogP contribution in [0.5, 0.6) is 11.5 Å². The van der Waals surface area contributed by atoms with E-state index in [1.807, 2.05) is 75.4 Å². The third-order valence-electron chi connectivity index (χ3n) is 3.86. The first-order valence-corrected chi connectivity index (χ1v) is 8.80. The normalized spacial score (nSPS) is 16.1. The van der Waals surface area contributed by atoms with Gasteiger partial charge >= 0.3 is 6.09 Å². The third kappa shape index (κ3) is 5.15. The van der Waals surface area contributed by atoms with E-state index in [2.05, 4.69) is 0 Å². The molecule has 138 valence electrons. The van der Waals surface area contributed by atoms with Crippen molar-refractivity contribution in [3.63, 3.8) is 0 Å². The molecular weight excluding hydrogens is 330 g/mol. The summed E-state index contributed by atoms with van der Waals surface area (Å²) in [6.07, 6.45) is -0.292. The minimum atomic E-state index is -0.483. The van der Waals surface area contributed by atoms with E-state index in [9.17, 15) is 4.79 Å². The molecule has 0 aliphatic carbocycles. The van der Waals surface area contributed by atoms with Gasteiger partial charge in [0, 0.05) is 6.54 Å². The smallest absolute Gasteiger partial charge is 0.410 e. The molecule has 0 unspecified atom stereocenters. The van der Waals surface area contributed by atoms with Crippen molar-refractivity contribution in [3.05, 3.63) is 60.2 Å². The van der Waals surface area contributed by atoms with Crippen LogP contribution in [0.3, 0.4) is 0 Å². The van der Waals surface area contributed by atoms with Crippen LogP contribution >= 0.6 is 0 Å². The number of carbonyl (C=O) groups excluding carboxylic acids is 1. The van der Waals surface area contributed by atoms with E-state index < -0.39 is 5.60 Å². The summed E-state index contributed by atoms with van der Waals surface area (Å²) >= 11 is 0. The SMILES string of the molecule is CC(C)(C)OC(=O)N1C[C@@H]1COc1ccccc1OCc1ccccc1. The number of benzene rings is 2. The Hall–Kier alpha value is -2.69. The zero-order valence-electron chi connectivity index (χ0n) is 15.5. The molecule has 5 nitrogen and oxygen atoms in total. The van der Waals surface area contributed by atoms with E-state index in [1.165, 1.54) is 0 Å². The minimum absolute atomic E-state index is 0.0482. The Morgan fingerprint density at radius 2 is 1.62 bits per heavy atom. The van der Waals surface area contributed by atoms with Crippen LogP contribution in [0.1, 0.15) is 26.3 Å². The second kappa shape index (κ2) is 7.68. The van der Waals surface area contributed by atoms with Gasteiger partial charge in [-0.05, 0) is 38.5 Å². The van der Waals surface area contributed by atoms with Gasteiger partial charge in [-0.2, -0.15) is 0 Å². The van der Waals surface area contributed by atoms with Crippen LogP contribution in [-0.2, 0) is 11.3 Å². The largest absolute Gasteiger partial charge is 0.487 e. The molecule has 1 aliphatic heterocycles. The van der Waals surface area contributed by atoms with Gasteiger partial charge in [0.1, 0.15) is 18.8 Å². The Morgan fingerprint density at radius 3 is 2.27 bits per heavy atom. The summed E-state index contributed by atoms with van der Waals surface area (Å²) in [7, 11) is 0. The average molecular weight is 355 g/mol. The second-order valence-electron chi connectivity index (χ2n) is 7.32. The molecule has 1 atom stereocenters. The Morgan fingerprint density at radius 1 is 1.00 bits per heavy atom. The second-order valence-corrected chi connectivity index (χ2v) is 7.32. The lowest BCUT2D eigenvalue weighted by molar-refractivity contribution is 0.0397. The summed E-state index contributed by atoms with van der Waals surface area (Å²) in [6.45, 7) is 7.14. The zero-order valence-corrected chi connectivity index (χ0v) is 15.5. The van der Waals surface area contributed by atoms with Gasteiger partial charge in [0.2, 0.25) is 0 Å². The van der Waals surface area contributed by atoms with Gasteiger partial charge in [0.25, 0.3) is 0 Å². The van der Waals surface area contributed by atoms with Gasteiger partial charge in [-0.3, -0.25) is 4.90 Å². The molecular formula is C21H25NO4. The van der Waals surface area contributed by atoms with Gasteiger partial charge in [0.05, 0.1) is 6.04 Å². The van der Waals surface area contributed by atoms with Gasteiger partial charge in [-0.1, -0.05) is 42.5 Å². The maximum Gasteiger partial charge on any atom is 0.410 e. The van der Waals surface area contributed by atoms with Gasteiger partial charge in [-0.15, -0.1) is 0 Å². The van der Waals surface area contributed by atoms with Crippen LogP contribution in [0.25, 0.3) is 0 Å². The molecule has 0 bridgehead atoms. The number of ether oxygens (including phenoxy) is 3. The summed E-state index contributed by atoms with van der Waals surface area (Å²) in [6, 6.07) is 17.6. The minimum Gasteiger partial charge on any atom is -0.487 e. The molecule has 1 saturated heterocycles. The van der Waals surface area contributed by atoms with Crippen molar-refractivity contribution in [3.8, 4) is 11.5 Å². The standard InChI is InChI=1S/C21H25NO4/c1-21(2,3)26-20(23)22-13-17(22)15-25-19-12-8-7-11-18(19)24-14-16-9-5-4-6-10-16/h4-12,17H,13-15H2,1-3H3/t17-,22?/m1/s1. The van der Waals surface area contributed by atoms with Gasteiger partial charge in [0.15, 0.2) is 11.5 Å². The zero-order chi connectivity index (χ0) is 18.6. The lowest BCUT2D eigenvalue weighted by atomic mass is 10.2. The van der Waals surface area contributed by atoms with E-state index in [0.717, 1.165) is 5.56 Å². The number of amides is 1. The Bertz CT molecular complexity index is 739. The van der Waals surface area contributed by atoms with E-state index >= 15 is 0 Å². The van der Waals surface area contributed by atoms with Crippen LogP contribution in [0.2, 0.25) is 0 Å². The average Bonchev–Trinajstić information content (AvgIpc) is 3.38. The van der Waals surface area contributed by atoms with Crippen molar-refractivity contribution in [2.24, 2.45) is 0 Å². The molecule has 0 aromatic heterocycles. The molecule has 0 N–H and O–H groups in total. The molecule has 3 rings (SSSR count). The number of carbonyl (C=O) groups is 1. The van der Waals surface area contributed by atoms with Crippen LogP contribution in [0.15, 0.2) is 54.6 Å². The third-order valence-corrected chi connectivity index (χ3v) is 3.86. The number of hydrogen-bond donors (Lipinski definition) is 0. The monoisotopic (exact) mass is 355 g/mol. The summed E-state index contributed by atoms with van der Waals surface area (Å²) in [5.41, 5.74) is 0.615. The Kier molecular flexibility index (Phi) is 5.35. The predicted molar refractivity (Wildman–Crippen MR) is 99.4 cm³/mol. The number of nitrogens with zero attached hydrogens (tertiary/aromatic N) is 1. The molecule has 26 heavy (non-hydrogen) atoms. The molecule has 2 aromatic carbocycles. The molecule has 5 heteroatoms. The van der Waals surface area contributed by atoms with E-state index in [0.29, 0.717) is 31.3 Å². The van der Waals surface area contributed by atoms with E-state index in [-0.39, 0.29) is 12.1 Å². The number of rotatable bonds is 6. The molecule has 2 aromatic rings. The van der Waals surface area contributed by atoms with Gasteiger partial charge in [-0.25, -0.2) is 4.79 Å². The number of para-hydroxylation sites is 2. The molecule has 1 amide bonds. The first-order chi connectivity index (χ1) is 12.4. The first-order valence-electron chi connectivity index (χ1n) is 8.80. The maximum absolute atomic E-state index is 12.0. The molecule has 1 heterocycles. The topological polar surface area (TPSA) is 47.8 Å². The molecule has 1 aliphatic rings. The summed E-state index contributed by atoms with van der Waals surface area (Å²) in [5.74, 6) is 1.38. The van der Waals surface area contributed by atoms with Crippen LogP contribution in [0.4, 0.5) is 4.79 Å². The van der Waals surface area contributed by atoms with Crippen molar-refractivity contribution in [1.82, 2.24) is 4.90 Å². The fourth-order valence-electron chi connectivity index (χ4n) is 2.48. The molecule has 0 spiro atoms. The highest BCUT2D eigenvalue weighted by Gasteiger charge is 2.41.